The number of halogens is 1. The lowest BCUT2D eigenvalue weighted by atomic mass is 9.86. The molecule has 0 bridgehead atoms. The zero-order chi connectivity index (χ0) is 16.2. The molecule has 2 amide bonds. The van der Waals surface area contributed by atoms with Crippen LogP contribution in [0.4, 0.5) is 10.5 Å². The second-order valence-electron chi connectivity index (χ2n) is 6.11. The molecule has 2 aliphatic rings. The summed E-state index contributed by atoms with van der Waals surface area (Å²) in [7, 11) is 3.89. The number of carbonyl (C=O) groups excluding carboxylic acids is 1. The van der Waals surface area contributed by atoms with E-state index in [0.29, 0.717) is 11.6 Å². The predicted octanol–water partition coefficient (Wildman–Crippen LogP) is 3.36. The second-order valence-corrected chi connectivity index (χ2v) is 6.55. The van der Waals surface area contributed by atoms with Gasteiger partial charge in [0.1, 0.15) is 0 Å². The average Bonchev–Trinajstić information content (AvgIpc) is 2.92. The number of benzene rings is 2. The van der Waals surface area contributed by atoms with Gasteiger partial charge in [-0.1, -0.05) is 41.9 Å². The maximum Gasteiger partial charge on any atom is 0.326 e. The molecule has 23 heavy (non-hydrogen) atoms. The number of hydrogen-bond acceptors (Lipinski definition) is 2. The fourth-order valence-electron chi connectivity index (χ4n) is 3.93. The fraction of sp³-hybridized carbons (Fsp3) is 0.278. The van der Waals surface area contributed by atoms with Crippen molar-refractivity contribution >= 4 is 23.3 Å². The summed E-state index contributed by atoms with van der Waals surface area (Å²) < 4.78 is 0. The van der Waals surface area contributed by atoms with Crippen LogP contribution in [0, 0.1) is 0 Å². The summed E-state index contributed by atoms with van der Waals surface area (Å²) in [6, 6.07) is 16.0. The highest BCUT2D eigenvalue weighted by molar-refractivity contribution is 6.30. The van der Waals surface area contributed by atoms with Crippen molar-refractivity contribution in [2.45, 2.75) is 5.66 Å². The SMILES string of the molecule is CN1C(=O)N2CCN(C)C2(c2ccccc2)c2cc(Cl)ccc21. The van der Waals surface area contributed by atoms with Gasteiger partial charge in [0.25, 0.3) is 0 Å². The summed E-state index contributed by atoms with van der Waals surface area (Å²) in [5.41, 5.74) is 2.46. The Hall–Kier alpha value is -2.04. The maximum atomic E-state index is 13.0. The summed E-state index contributed by atoms with van der Waals surface area (Å²) in [6.45, 7) is 1.51. The summed E-state index contributed by atoms with van der Waals surface area (Å²) in [5, 5.41) is 0.682. The van der Waals surface area contributed by atoms with Gasteiger partial charge in [-0.3, -0.25) is 14.7 Å². The molecule has 2 aliphatic heterocycles. The minimum absolute atomic E-state index is 0.0213. The van der Waals surface area contributed by atoms with E-state index in [0.717, 1.165) is 23.4 Å². The smallest absolute Gasteiger partial charge is 0.297 e. The molecule has 2 heterocycles. The van der Waals surface area contributed by atoms with Crippen molar-refractivity contribution in [3.05, 3.63) is 64.7 Å². The van der Waals surface area contributed by atoms with E-state index in [1.807, 2.05) is 48.3 Å². The minimum atomic E-state index is -0.592. The molecule has 2 aromatic carbocycles. The highest BCUT2D eigenvalue weighted by Gasteiger charge is 2.55. The maximum absolute atomic E-state index is 13.0. The number of likely N-dealkylation sites (N-methyl/N-ethyl adjacent to an activating group) is 1. The van der Waals surface area contributed by atoms with Crippen molar-refractivity contribution in [1.82, 2.24) is 9.80 Å². The van der Waals surface area contributed by atoms with E-state index in [2.05, 4.69) is 24.1 Å². The average molecular weight is 328 g/mol. The van der Waals surface area contributed by atoms with E-state index < -0.39 is 5.66 Å². The zero-order valence-corrected chi connectivity index (χ0v) is 13.9. The van der Waals surface area contributed by atoms with Crippen molar-refractivity contribution in [2.24, 2.45) is 0 Å². The van der Waals surface area contributed by atoms with Gasteiger partial charge in [0.15, 0.2) is 5.66 Å². The van der Waals surface area contributed by atoms with Crippen molar-refractivity contribution in [2.75, 3.05) is 32.1 Å². The van der Waals surface area contributed by atoms with Crippen molar-refractivity contribution in [3.8, 4) is 0 Å². The molecule has 118 valence electrons. The molecule has 1 fully saturated rings. The molecule has 0 aliphatic carbocycles. The summed E-state index contributed by atoms with van der Waals surface area (Å²) in [4.78, 5) is 18.9. The molecule has 0 spiro atoms. The second kappa shape index (κ2) is 4.98. The lowest BCUT2D eigenvalue weighted by Gasteiger charge is -2.49. The van der Waals surface area contributed by atoms with Crippen LogP contribution in [0.15, 0.2) is 48.5 Å². The molecule has 5 heteroatoms. The van der Waals surface area contributed by atoms with Gasteiger partial charge in [-0.15, -0.1) is 0 Å². The molecule has 0 saturated carbocycles. The minimum Gasteiger partial charge on any atom is -0.297 e. The van der Waals surface area contributed by atoms with Crippen LogP contribution in [0.3, 0.4) is 0 Å². The first kappa shape index (κ1) is 14.5. The molecule has 1 saturated heterocycles. The van der Waals surface area contributed by atoms with Gasteiger partial charge < -0.3 is 0 Å². The van der Waals surface area contributed by atoms with Gasteiger partial charge in [0, 0.05) is 30.7 Å². The van der Waals surface area contributed by atoms with Crippen LogP contribution in [0.25, 0.3) is 0 Å². The Morgan fingerprint density at radius 2 is 1.78 bits per heavy atom. The number of anilines is 1. The molecule has 1 atom stereocenters. The number of amides is 2. The number of nitrogens with zero attached hydrogens (tertiary/aromatic N) is 3. The van der Waals surface area contributed by atoms with Gasteiger partial charge in [-0.2, -0.15) is 0 Å². The summed E-state index contributed by atoms with van der Waals surface area (Å²) in [5.74, 6) is 0. The first-order chi connectivity index (χ1) is 11.1. The molecule has 0 radical (unpaired) electrons. The number of hydrogen-bond donors (Lipinski definition) is 0. The molecular formula is C18H18ClN3O. The van der Waals surface area contributed by atoms with Gasteiger partial charge in [0.2, 0.25) is 0 Å². The lowest BCUT2D eigenvalue weighted by molar-refractivity contribution is 0.0880. The van der Waals surface area contributed by atoms with Crippen LogP contribution < -0.4 is 4.90 Å². The Balaban J connectivity index is 2.09. The number of carbonyl (C=O) groups is 1. The van der Waals surface area contributed by atoms with E-state index >= 15 is 0 Å². The standard InChI is InChI=1S/C18H18ClN3O/c1-20-10-11-22-17(23)21(2)16-9-8-14(19)12-15(16)18(20,22)13-6-4-3-5-7-13/h3-9,12H,10-11H2,1-2H3. The third-order valence-corrected chi connectivity index (χ3v) is 5.23. The normalized spacial score (nSPS) is 23.9. The van der Waals surface area contributed by atoms with Crippen LogP contribution in [0.1, 0.15) is 11.1 Å². The molecule has 1 unspecified atom stereocenters. The van der Waals surface area contributed by atoms with Gasteiger partial charge >= 0.3 is 6.03 Å². The van der Waals surface area contributed by atoms with Crippen molar-refractivity contribution in [3.63, 3.8) is 0 Å². The topological polar surface area (TPSA) is 26.8 Å². The zero-order valence-electron chi connectivity index (χ0n) is 13.2. The predicted molar refractivity (Wildman–Crippen MR) is 91.8 cm³/mol. The Bertz CT molecular complexity index is 779. The van der Waals surface area contributed by atoms with Gasteiger partial charge in [0.05, 0.1) is 5.69 Å². The monoisotopic (exact) mass is 327 g/mol. The van der Waals surface area contributed by atoms with E-state index in [1.165, 1.54) is 0 Å². The Kier molecular flexibility index (Phi) is 3.15. The first-order valence-electron chi connectivity index (χ1n) is 7.69. The highest BCUT2D eigenvalue weighted by Crippen LogP contribution is 2.49. The molecule has 2 aromatic rings. The van der Waals surface area contributed by atoms with Crippen LogP contribution in [0.2, 0.25) is 5.02 Å². The van der Waals surface area contributed by atoms with Crippen LogP contribution in [0.5, 0.6) is 0 Å². The molecule has 4 nitrogen and oxygen atoms in total. The first-order valence-corrected chi connectivity index (χ1v) is 8.06. The molecule has 0 N–H and O–H groups in total. The fourth-order valence-corrected chi connectivity index (χ4v) is 4.10. The molecule has 4 rings (SSSR count). The van der Waals surface area contributed by atoms with Crippen LogP contribution >= 0.6 is 11.6 Å². The quantitative estimate of drug-likeness (QED) is 0.803. The third kappa shape index (κ3) is 1.79. The van der Waals surface area contributed by atoms with Crippen molar-refractivity contribution in [1.29, 1.82) is 0 Å². The number of rotatable bonds is 1. The van der Waals surface area contributed by atoms with Crippen molar-refractivity contribution < 1.29 is 4.79 Å². The Morgan fingerprint density at radius 1 is 1.04 bits per heavy atom. The Labute approximate surface area is 140 Å². The van der Waals surface area contributed by atoms with E-state index in [-0.39, 0.29) is 6.03 Å². The van der Waals surface area contributed by atoms with Gasteiger partial charge in [-0.05, 0) is 30.8 Å². The number of urea groups is 1. The van der Waals surface area contributed by atoms with Gasteiger partial charge in [-0.25, -0.2) is 4.79 Å². The molecular weight excluding hydrogens is 310 g/mol. The largest absolute Gasteiger partial charge is 0.326 e. The van der Waals surface area contributed by atoms with E-state index in [9.17, 15) is 4.79 Å². The van der Waals surface area contributed by atoms with E-state index in [4.69, 9.17) is 11.6 Å². The lowest BCUT2D eigenvalue weighted by Crippen LogP contribution is -2.59. The van der Waals surface area contributed by atoms with E-state index in [1.54, 1.807) is 4.90 Å². The van der Waals surface area contributed by atoms with Crippen LogP contribution in [-0.2, 0) is 5.66 Å². The summed E-state index contributed by atoms with van der Waals surface area (Å²) in [6.07, 6.45) is 0. The van der Waals surface area contributed by atoms with Crippen LogP contribution in [-0.4, -0.2) is 43.0 Å². The summed E-state index contributed by atoms with van der Waals surface area (Å²) >= 11 is 6.31. The Morgan fingerprint density at radius 3 is 2.52 bits per heavy atom. The highest BCUT2D eigenvalue weighted by atomic mass is 35.5. The molecule has 0 aromatic heterocycles. The third-order valence-electron chi connectivity index (χ3n) is 4.99. The number of fused-ring (bicyclic) bond motifs is 3.